The van der Waals surface area contributed by atoms with Crippen molar-refractivity contribution in [3.63, 3.8) is 0 Å². The largest absolute Gasteiger partial charge is 0.489 e. The highest BCUT2D eigenvalue weighted by Gasteiger charge is 2.22. The summed E-state index contributed by atoms with van der Waals surface area (Å²) in [7, 11) is 0. The van der Waals surface area contributed by atoms with Crippen LogP contribution in [0.1, 0.15) is 27.9 Å². The quantitative estimate of drug-likeness (QED) is 0.547. The van der Waals surface area contributed by atoms with E-state index in [1.165, 1.54) is 5.01 Å². The molecule has 6 nitrogen and oxygen atoms in total. The second-order valence-electron chi connectivity index (χ2n) is 7.05. The molecule has 0 aliphatic carbocycles. The normalized spacial score (nSPS) is 12.9. The zero-order valence-electron chi connectivity index (χ0n) is 16.9. The van der Waals surface area contributed by atoms with Gasteiger partial charge in [0.25, 0.3) is 5.91 Å². The van der Waals surface area contributed by atoms with Gasteiger partial charge in [0.2, 0.25) is 0 Å². The molecule has 4 rings (SSSR count). The lowest BCUT2D eigenvalue weighted by molar-refractivity contribution is -0.134. The second kappa shape index (κ2) is 9.71. The van der Waals surface area contributed by atoms with Gasteiger partial charge in [-0.05, 0) is 35.4 Å². The van der Waals surface area contributed by atoms with Crippen LogP contribution >= 0.6 is 0 Å². The zero-order valence-corrected chi connectivity index (χ0v) is 16.9. The molecule has 0 fully saturated rings. The van der Waals surface area contributed by atoms with Crippen LogP contribution < -0.4 is 4.74 Å². The molecular formula is C25H22N2O4. The summed E-state index contributed by atoms with van der Waals surface area (Å²) in [5.74, 6) is -0.257. The standard InChI is InChI=1S/C25H22N2O4/c28-24(27-16-15-23(26-27)20-9-5-2-6-10-20)18-31-25(29)21-11-13-22(14-12-21)30-17-19-7-3-1-4-8-19/h1-14H,15-18H2. The number of ether oxygens (including phenoxy) is 2. The summed E-state index contributed by atoms with van der Waals surface area (Å²) in [6.07, 6.45) is 0.675. The van der Waals surface area contributed by atoms with E-state index in [9.17, 15) is 9.59 Å². The van der Waals surface area contributed by atoms with Crippen LogP contribution in [0.25, 0.3) is 0 Å². The van der Waals surface area contributed by atoms with Gasteiger partial charge in [-0.3, -0.25) is 4.79 Å². The molecule has 31 heavy (non-hydrogen) atoms. The number of nitrogens with zero attached hydrogens (tertiary/aromatic N) is 2. The first-order valence-electron chi connectivity index (χ1n) is 10.1. The van der Waals surface area contributed by atoms with Gasteiger partial charge in [0.1, 0.15) is 12.4 Å². The first-order chi connectivity index (χ1) is 15.2. The number of benzene rings is 3. The highest BCUT2D eigenvalue weighted by molar-refractivity contribution is 6.02. The Morgan fingerprint density at radius 1 is 0.871 bits per heavy atom. The van der Waals surface area contributed by atoms with Crippen LogP contribution in [0.3, 0.4) is 0 Å². The van der Waals surface area contributed by atoms with Crippen LogP contribution in [-0.4, -0.2) is 35.7 Å². The fraction of sp³-hybridized carbons (Fsp3) is 0.160. The Hall–Kier alpha value is -3.93. The molecular weight excluding hydrogens is 392 g/mol. The Morgan fingerprint density at radius 2 is 1.55 bits per heavy atom. The minimum absolute atomic E-state index is 0.345. The van der Waals surface area contributed by atoms with Crippen LogP contribution in [0.15, 0.2) is 90.0 Å². The molecule has 156 valence electrons. The molecule has 1 amide bonds. The zero-order chi connectivity index (χ0) is 21.5. The lowest BCUT2D eigenvalue weighted by Gasteiger charge is -2.12. The summed E-state index contributed by atoms with van der Waals surface area (Å²) >= 11 is 0. The Labute approximate surface area is 180 Å². The predicted octanol–water partition coefficient (Wildman–Crippen LogP) is 4.06. The van der Waals surface area contributed by atoms with Crippen LogP contribution in [0.2, 0.25) is 0 Å². The van der Waals surface area contributed by atoms with Crippen molar-refractivity contribution in [2.75, 3.05) is 13.2 Å². The highest BCUT2D eigenvalue weighted by Crippen LogP contribution is 2.16. The molecule has 0 aromatic heterocycles. The number of hydrogen-bond donors (Lipinski definition) is 0. The smallest absolute Gasteiger partial charge is 0.338 e. The SMILES string of the molecule is O=C(OCC(=O)N1CCC(c2ccccc2)=N1)c1ccc(OCc2ccccc2)cc1. The Balaban J connectivity index is 1.26. The third kappa shape index (κ3) is 5.36. The summed E-state index contributed by atoms with van der Waals surface area (Å²) in [4.78, 5) is 24.6. The molecule has 1 aliphatic heterocycles. The van der Waals surface area contributed by atoms with E-state index < -0.39 is 5.97 Å². The van der Waals surface area contributed by atoms with E-state index in [2.05, 4.69) is 5.10 Å². The molecule has 0 saturated heterocycles. The molecule has 1 heterocycles. The predicted molar refractivity (Wildman–Crippen MR) is 117 cm³/mol. The Kier molecular flexibility index (Phi) is 6.38. The molecule has 0 bridgehead atoms. The van der Waals surface area contributed by atoms with Crippen molar-refractivity contribution >= 4 is 17.6 Å². The molecule has 6 heteroatoms. The molecule has 0 spiro atoms. The highest BCUT2D eigenvalue weighted by atomic mass is 16.5. The van der Waals surface area contributed by atoms with E-state index in [0.717, 1.165) is 16.8 Å². The first-order valence-corrected chi connectivity index (χ1v) is 10.1. The number of amides is 1. The van der Waals surface area contributed by atoms with E-state index in [1.54, 1.807) is 24.3 Å². The van der Waals surface area contributed by atoms with Gasteiger partial charge in [0.15, 0.2) is 6.61 Å². The lowest BCUT2D eigenvalue weighted by atomic mass is 10.1. The number of carbonyl (C=O) groups is 2. The van der Waals surface area contributed by atoms with Crippen molar-refractivity contribution in [2.45, 2.75) is 13.0 Å². The Bertz CT molecular complexity index is 1060. The minimum atomic E-state index is -0.561. The van der Waals surface area contributed by atoms with E-state index in [-0.39, 0.29) is 12.5 Å². The summed E-state index contributed by atoms with van der Waals surface area (Å²) in [5, 5.41) is 5.72. The van der Waals surface area contributed by atoms with Gasteiger partial charge in [0, 0.05) is 6.42 Å². The molecule has 0 saturated carbocycles. The molecule has 0 unspecified atom stereocenters. The Morgan fingerprint density at radius 3 is 2.26 bits per heavy atom. The van der Waals surface area contributed by atoms with Crippen molar-refractivity contribution in [1.29, 1.82) is 0 Å². The van der Waals surface area contributed by atoms with Gasteiger partial charge in [-0.2, -0.15) is 5.10 Å². The second-order valence-corrected chi connectivity index (χ2v) is 7.05. The average molecular weight is 414 g/mol. The van der Waals surface area contributed by atoms with Crippen molar-refractivity contribution < 1.29 is 19.1 Å². The third-order valence-corrected chi connectivity index (χ3v) is 4.86. The molecule has 0 N–H and O–H groups in total. The van der Waals surface area contributed by atoms with Crippen molar-refractivity contribution in [3.8, 4) is 5.75 Å². The van der Waals surface area contributed by atoms with E-state index in [0.29, 0.717) is 30.9 Å². The fourth-order valence-corrected chi connectivity index (χ4v) is 3.18. The minimum Gasteiger partial charge on any atom is -0.489 e. The average Bonchev–Trinajstić information content (AvgIpc) is 3.33. The van der Waals surface area contributed by atoms with Crippen molar-refractivity contribution in [2.24, 2.45) is 5.10 Å². The van der Waals surface area contributed by atoms with Crippen LogP contribution in [0.4, 0.5) is 0 Å². The van der Waals surface area contributed by atoms with Crippen molar-refractivity contribution in [1.82, 2.24) is 5.01 Å². The van der Waals surface area contributed by atoms with E-state index >= 15 is 0 Å². The molecule has 1 aliphatic rings. The summed E-state index contributed by atoms with van der Waals surface area (Å²) in [6.45, 7) is 0.575. The number of hydrazone groups is 1. The van der Waals surface area contributed by atoms with Gasteiger partial charge >= 0.3 is 5.97 Å². The number of carbonyl (C=O) groups excluding carboxylic acids is 2. The molecule has 0 radical (unpaired) electrons. The maximum Gasteiger partial charge on any atom is 0.338 e. The van der Waals surface area contributed by atoms with Gasteiger partial charge in [-0.15, -0.1) is 0 Å². The fourth-order valence-electron chi connectivity index (χ4n) is 3.18. The summed E-state index contributed by atoms with van der Waals surface area (Å²) in [6, 6.07) is 26.2. The number of esters is 1. The maximum absolute atomic E-state index is 12.4. The molecule has 0 atom stereocenters. The van der Waals surface area contributed by atoms with Gasteiger partial charge in [0.05, 0.1) is 17.8 Å². The van der Waals surface area contributed by atoms with E-state index in [4.69, 9.17) is 9.47 Å². The first kappa shape index (κ1) is 20.3. The molecule has 3 aromatic rings. The maximum atomic E-state index is 12.4. The molecule has 3 aromatic carbocycles. The lowest BCUT2D eigenvalue weighted by Crippen LogP contribution is -2.28. The van der Waals surface area contributed by atoms with Crippen LogP contribution in [-0.2, 0) is 16.1 Å². The van der Waals surface area contributed by atoms with Gasteiger partial charge < -0.3 is 9.47 Å². The summed E-state index contributed by atoms with van der Waals surface area (Å²) in [5.41, 5.74) is 3.26. The summed E-state index contributed by atoms with van der Waals surface area (Å²) < 4.78 is 10.9. The van der Waals surface area contributed by atoms with Crippen LogP contribution in [0, 0.1) is 0 Å². The van der Waals surface area contributed by atoms with Gasteiger partial charge in [-0.25, -0.2) is 9.80 Å². The van der Waals surface area contributed by atoms with E-state index in [1.807, 2.05) is 60.7 Å². The van der Waals surface area contributed by atoms with Gasteiger partial charge in [-0.1, -0.05) is 60.7 Å². The van der Waals surface area contributed by atoms with Crippen molar-refractivity contribution in [3.05, 3.63) is 102 Å². The number of rotatable bonds is 7. The monoisotopic (exact) mass is 414 g/mol. The topological polar surface area (TPSA) is 68.2 Å². The van der Waals surface area contributed by atoms with Crippen LogP contribution in [0.5, 0.6) is 5.75 Å². The third-order valence-electron chi connectivity index (χ3n) is 4.86. The number of hydrogen-bond acceptors (Lipinski definition) is 5.